The number of hydrogen-bond acceptors (Lipinski definition) is 5. The molecular formula is C4H12O7S. The van der Waals surface area contributed by atoms with Crippen LogP contribution in [0.5, 0.6) is 0 Å². The molecule has 1 unspecified atom stereocenters. The van der Waals surface area contributed by atoms with Gasteiger partial charge < -0.3 is 14.9 Å². The molecule has 0 rings (SSSR count). The average Bonchev–Trinajstić information content (AvgIpc) is 1.85. The summed E-state index contributed by atoms with van der Waals surface area (Å²) in [4.78, 5) is 0. The second-order valence-electron chi connectivity index (χ2n) is 1.74. The van der Waals surface area contributed by atoms with E-state index in [2.05, 4.69) is 4.74 Å². The van der Waals surface area contributed by atoms with Gasteiger partial charge in [-0.1, -0.05) is 0 Å². The van der Waals surface area contributed by atoms with Gasteiger partial charge in [-0.15, -0.1) is 0 Å². The first-order valence-electron chi connectivity index (χ1n) is 2.79. The number of ether oxygens (including phenoxy) is 1. The summed E-state index contributed by atoms with van der Waals surface area (Å²) in [7, 11) is -3.20. The predicted molar refractivity (Wildman–Crippen MR) is 39.1 cm³/mol. The van der Waals surface area contributed by atoms with Crippen LogP contribution in [0.3, 0.4) is 0 Å². The smallest absolute Gasteiger partial charge is 0.394 e. The van der Waals surface area contributed by atoms with Crippen LogP contribution in [-0.2, 0) is 15.1 Å². The van der Waals surface area contributed by atoms with Crippen LogP contribution in [0.15, 0.2) is 0 Å². The molecule has 1 atom stereocenters. The lowest BCUT2D eigenvalue weighted by Gasteiger charge is -2.01. The normalized spacial score (nSPS) is 13.1. The molecule has 0 bridgehead atoms. The van der Waals surface area contributed by atoms with Crippen LogP contribution in [0.2, 0.25) is 0 Å². The van der Waals surface area contributed by atoms with E-state index < -0.39 is 16.5 Å². The van der Waals surface area contributed by atoms with E-state index in [1.807, 2.05) is 0 Å². The molecule has 0 aromatic carbocycles. The van der Waals surface area contributed by atoms with E-state index in [0.29, 0.717) is 0 Å². The third-order valence-electron chi connectivity index (χ3n) is 0.570. The van der Waals surface area contributed by atoms with Gasteiger partial charge in [-0.05, 0) is 0 Å². The molecule has 0 saturated heterocycles. The van der Waals surface area contributed by atoms with Gasteiger partial charge in [-0.3, -0.25) is 9.11 Å². The van der Waals surface area contributed by atoms with E-state index >= 15 is 0 Å². The molecule has 4 N–H and O–H groups in total. The van der Waals surface area contributed by atoms with Crippen LogP contribution < -0.4 is 0 Å². The molecule has 7 nitrogen and oxygen atoms in total. The highest BCUT2D eigenvalue weighted by atomic mass is 32.3. The van der Waals surface area contributed by atoms with E-state index in [0.717, 1.165) is 0 Å². The summed E-state index contributed by atoms with van der Waals surface area (Å²) in [6.07, 6.45) is -0.718. The van der Waals surface area contributed by atoms with Gasteiger partial charge in [-0.25, -0.2) is 0 Å². The molecule has 0 aliphatic carbocycles. The SMILES string of the molecule is COCC(O)CO.O=S(=O)(O)O. The van der Waals surface area contributed by atoms with Gasteiger partial charge in [0.05, 0.1) is 13.2 Å². The molecule has 0 aromatic heterocycles. The van der Waals surface area contributed by atoms with Crippen LogP contribution in [0.25, 0.3) is 0 Å². The largest absolute Gasteiger partial charge is 0.394 e. The quantitative estimate of drug-likeness (QED) is 0.405. The fourth-order valence-electron chi connectivity index (χ4n) is 0.245. The Hall–Kier alpha value is -0.250. The van der Waals surface area contributed by atoms with E-state index in [-0.39, 0.29) is 13.2 Å². The Morgan fingerprint density at radius 3 is 1.83 bits per heavy atom. The maximum absolute atomic E-state index is 8.74. The van der Waals surface area contributed by atoms with Crippen molar-refractivity contribution in [3.8, 4) is 0 Å². The molecule has 0 radical (unpaired) electrons. The minimum Gasteiger partial charge on any atom is -0.394 e. The topological polar surface area (TPSA) is 124 Å². The molecule has 76 valence electrons. The van der Waals surface area contributed by atoms with Crippen molar-refractivity contribution in [3.05, 3.63) is 0 Å². The summed E-state index contributed by atoms with van der Waals surface area (Å²) in [5, 5.41) is 16.6. The zero-order chi connectivity index (χ0) is 10.2. The minimum atomic E-state index is -4.67. The number of rotatable bonds is 3. The summed E-state index contributed by atoms with van der Waals surface area (Å²) in [6.45, 7) is -0.0235. The van der Waals surface area contributed by atoms with Crippen molar-refractivity contribution in [2.24, 2.45) is 0 Å². The Morgan fingerprint density at radius 2 is 1.75 bits per heavy atom. The number of methoxy groups -OCH3 is 1. The third kappa shape index (κ3) is 33.1. The molecule has 0 heterocycles. The third-order valence-corrected chi connectivity index (χ3v) is 0.570. The average molecular weight is 204 g/mol. The van der Waals surface area contributed by atoms with Gasteiger partial charge in [-0.2, -0.15) is 8.42 Å². The van der Waals surface area contributed by atoms with Crippen LogP contribution in [0.1, 0.15) is 0 Å². The second-order valence-corrected chi connectivity index (χ2v) is 2.64. The summed E-state index contributed by atoms with van der Waals surface area (Å²) in [5.41, 5.74) is 0. The second kappa shape index (κ2) is 7.40. The number of aliphatic hydroxyl groups excluding tert-OH is 2. The van der Waals surface area contributed by atoms with Crippen LogP contribution in [0, 0.1) is 0 Å². The van der Waals surface area contributed by atoms with Gasteiger partial charge in [0.1, 0.15) is 6.10 Å². The van der Waals surface area contributed by atoms with Gasteiger partial charge in [0, 0.05) is 7.11 Å². The molecular weight excluding hydrogens is 192 g/mol. The maximum Gasteiger partial charge on any atom is 0.394 e. The fourth-order valence-corrected chi connectivity index (χ4v) is 0.245. The van der Waals surface area contributed by atoms with Crippen LogP contribution >= 0.6 is 0 Å². The molecule has 0 spiro atoms. The number of hydrogen-bond donors (Lipinski definition) is 4. The maximum atomic E-state index is 8.74. The fraction of sp³-hybridized carbons (Fsp3) is 1.00. The summed E-state index contributed by atoms with van der Waals surface area (Å²) in [5.74, 6) is 0. The molecule has 0 aliphatic rings. The van der Waals surface area contributed by atoms with Gasteiger partial charge >= 0.3 is 10.4 Å². The first-order valence-corrected chi connectivity index (χ1v) is 4.18. The van der Waals surface area contributed by atoms with E-state index in [1.54, 1.807) is 0 Å². The zero-order valence-corrected chi connectivity index (χ0v) is 7.23. The monoisotopic (exact) mass is 204 g/mol. The number of aliphatic hydroxyl groups is 2. The Kier molecular flexibility index (Phi) is 8.81. The highest BCUT2D eigenvalue weighted by molar-refractivity contribution is 7.79. The predicted octanol–water partition coefficient (Wildman–Crippen LogP) is -1.67. The van der Waals surface area contributed by atoms with Crippen LogP contribution in [-0.4, -0.2) is 54.2 Å². The zero-order valence-electron chi connectivity index (χ0n) is 6.41. The molecule has 0 saturated carbocycles. The lowest BCUT2D eigenvalue weighted by atomic mass is 10.4. The summed E-state index contributed by atoms with van der Waals surface area (Å²) in [6, 6.07) is 0. The van der Waals surface area contributed by atoms with Gasteiger partial charge in [0.2, 0.25) is 0 Å². The van der Waals surface area contributed by atoms with Crippen molar-refractivity contribution in [1.29, 1.82) is 0 Å². The van der Waals surface area contributed by atoms with Crippen molar-refractivity contribution in [2.75, 3.05) is 20.3 Å². The van der Waals surface area contributed by atoms with Crippen molar-refractivity contribution >= 4 is 10.4 Å². The molecule has 0 aromatic rings. The van der Waals surface area contributed by atoms with Crippen molar-refractivity contribution < 1.29 is 32.5 Å². The highest BCUT2D eigenvalue weighted by Gasteiger charge is 1.96. The first-order chi connectivity index (χ1) is 5.31. The van der Waals surface area contributed by atoms with Gasteiger partial charge in [0.25, 0.3) is 0 Å². The highest BCUT2D eigenvalue weighted by Crippen LogP contribution is 1.77. The lowest BCUT2D eigenvalue weighted by Crippen LogP contribution is -2.17. The van der Waals surface area contributed by atoms with E-state index in [9.17, 15) is 0 Å². The Labute approximate surface area is 70.2 Å². The molecule has 0 amide bonds. The molecule has 0 fully saturated rings. The Bertz CT molecular complexity index is 166. The molecule has 0 aliphatic heterocycles. The Balaban J connectivity index is 0. The van der Waals surface area contributed by atoms with Crippen molar-refractivity contribution in [1.82, 2.24) is 0 Å². The van der Waals surface area contributed by atoms with Crippen LogP contribution in [0.4, 0.5) is 0 Å². The van der Waals surface area contributed by atoms with E-state index in [1.165, 1.54) is 7.11 Å². The van der Waals surface area contributed by atoms with E-state index in [4.69, 9.17) is 27.7 Å². The van der Waals surface area contributed by atoms with Crippen molar-refractivity contribution in [3.63, 3.8) is 0 Å². The van der Waals surface area contributed by atoms with Gasteiger partial charge in [0.15, 0.2) is 0 Å². The standard InChI is InChI=1S/C4H10O3.H2O4S/c1-7-3-4(6)2-5;1-5(2,3)4/h4-6H,2-3H2,1H3;(H2,1,2,3,4). The van der Waals surface area contributed by atoms with Crippen molar-refractivity contribution in [2.45, 2.75) is 6.10 Å². The minimum absolute atomic E-state index is 0.205. The Morgan fingerprint density at radius 1 is 1.42 bits per heavy atom. The molecule has 8 heteroatoms. The lowest BCUT2D eigenvalue weighted by molar-refractivity contribution is 0.0254. The summed E-state index contributed by atoms with van der Waals surface area (Å²) >= 11 is 0. The first kappa shape index (κ1) is 14.3. The molecule has 12 heavy (non-hydrogen) atoms. The summed E-state index contributed by atoms with van der Waals surface area (Å²) < 4.78 is 36.1.